The number of amides is 1. The molecule has 0 atom stereocenters. The van der Waals surface area contributed by atoms with E-state index in [4.69, 9.17) is 4.74 Å². The standard InChI is InChI=1S/C13H11BrN2O2/c1-18-12-8-15-6-5-11(12)13(17)16-10-4-2-3-9(14)7-10/h2-8H,1H3,(H,16,17). The fourth-order valence-corrected chi connectivity index (χ4v) is 1.89. The van der Waals surface area contributed by atoms with Gasteiger partial charge in [-0.2, -0.15) is 0 Å². The summed E-state index contributed by atoms with van der Waals surface area (Å²) < 4.78 is 6.00. The van der Waals surface area contributed by atoms with E-state index in [1.54, 1.807) is 12.3 Å². The summed E-state index contributed by atoms with van der Waals surface area (Å²) in [6.45, 7) is 0. The van der Waals surface area contributed by atoms with Crippen LogP contribution in [0.2, 0.25) is 0 Å². The molecule has 0 spiro atoms. The molecule has 0 bridgehead atoms. The Bertz CT molecular complexity index is 572. The zero-order valence-corrected chi connectivity index (χ0v) is 11.3. The number of nitrogens with one attached hydrogen (secondary N) is 1. The number of carbonyl (C=O) groups is 1. The summed E-state index contributed by atoms with van der Waals surface area (Å²) in [5.74, 6) is 0.220. The third kappa shape index (κ3) is 2.87. The highest BCUT2D eigenvalue weighted by atomic mass is 79.9. The van der Waals surface area contributed by atoms with Crippen molar-refractivity contribution in [1.82, 2.24) is 4.98 Å². The van der Waals surface area contributed by atoms with Gasteiger partial charge in [-0.1, -0.05) is 22.0 Å². The normalized spacial score (nSPS) is 9.89. The summed E-state index contributed by atoms with van der Waals surface area (Å²) >= 11 is 3.35. The molecule has 4 nitrogen and oxygen atoms in total. The van der Waals surface area contributed by atoms with Crippen LogP contribution >= 0.6 is 15.9 Å². The van der Waals surface area contributed by atoms with Gasteiger partial charge in [-0.15, -0.1) is 0 Å². The Labute approximate surface area is 113 Å². The van der Waals surface area contributed by atoms with E-state index < -0.39 is 0 Å². The Morgan fingerprint density at radius 3 is 2.94 bits per heavy atom. The molecule has 0 saturated heterocycles. The molecule has 1 aromatic carbocycles. The number of anilines is 1. The van der Waals surface area contributed by atoms with E-state index in [1.807, 2.05) is 24.3 Å². The lowest BCUT2D eigenvalue weighted by Crippen LogP contribution is -2.13. The highest BCUT2D eigenvalue weighted by molar-refractivity contribution is 9.10. The second kappa shape index (κ2) is 5.64. The topological polar surface area (TPSA) is 51.2 Å². The van der Waals surface area contributed by atoms with Crippen LogP contribution in [0.3, 0.4) is 0 Å². The quantitative estimate of drug-likeness (QED) is 0.948. The molecule has 92 valence electrons. The van der Waals surface area contributed by atoms with Crippen LogP contribution in [-0.2, 0) is 0 Å². The van der Waals surface area contributed by atoms with Gasteiger partial charge in [-0.25, -0.2) is 0 Å². The number of halogens is 1. The van der Waals surface area contributed by atoms with Gasteiger partial charge in [0, 0.05) is 16.4 Å². The van der Waals surface area contributed by atoms with Gasteiger partial charge < -0.3 is 10.1 Å². The van der Waals surface area contributed by atoms with Crippen molar-refractivity contribution in [3.05, 3.63) is 52.8 Å². The molecule has 1 amide bonds. The Morgan fingerprint density at radius 1 is 1.39 bits per heavy atom. The SMILES string of the molecule is COc1cnccc1C(=O)Nc1cccc(Br)c1. The average Bonchev–Trinajstić information content (AvgIpc) is 2.38. The van der Waals surface area contributed by atoms with Gasteiger partial charge in [0.15, 0.2) is 0 Å². The molecule has 0 fully saturated rings. The molecule has 1 N–H and O–H groups in total. The number of ether oxygens (including phenoxy) is 1. The summed E-state index contributed by atoms with van der Waals surface area (Å²) in [5, 5.41) is 2.80. The molecule has 0 unspecified atom stereocenters. The molecule has 0 saturated carbocycles. The van der Waals surface area contributed by atoms with Crippen molar-refractivity contribution >= 4 is 27.5 Å². The monoisotopic (exact) mass is 306 g/mol. The number of hydrogen-bond acceptors (Lipinski definition) is 3. The molecular formula is C13H11BrN2O2. The molecule has 0 aliphatic rings. The van der Waals surface area contributed by atoms with Crippen LogP contribution in [0.5, 0.6) is 5.75 Å². The van der Waals surface area contributed by atoms with Gasteiger partial charge in [-0.3, -0.25) is 9.78 Å². The lowest BCUT2D eigenvalue weighted by atomic mass is 10.2. The number of benzene rings is 1. The first-order valence-electron chi connectivity index (χ1n) is 5.25. The highest BCUT2D eigenvalue weighted by Crippen LogP contribution is 2.20. The molecule has 0 aliphatic carbocycles. The minimum absolute atomic E-state index is 0.229. The maximum atomic E-state index is 12.1. The second-order valence-electron chi connectivity index (χ2n) is 3.54. The number of carbonyl (C=O) groups excluding carboxylic acids is 1. The maximum absolute atomic E-state index is 12.1. The number of rotatable bonds is 3. The van der Waals surface area contributed by atoms with Crippen molar-refractivity contribution in [2.75, 3.05) is 12.4 Å². The molecule has 1 aromatic heterocycles. The van der Waals surface area contributed by atoms with Gasteiger partial charge in [0.2, 0.25) is 0 Å². The predicted octanol–water partition coefficient (Wildman–Crippen LogP) is 3.11. The first-order chi connectivity index (χ1) is 8.70. The summed E-state index contributed by atoms with van der Waals surface area (Å²) in [4.78, 5) is 16.0. The van der Waals surface area contributed by atoms with Crippen molar-refractivity contribution in [3.8, 4) is 5.75 Å². The van der Waals surface area contributed by atoms with E-state index in [0.717, 1.165) is 4.47 Å². The van der Waals surface area contributed by atoms with Crippen molar-refractivity contribution < 1.29 is 9.53 Å². The Kier molecular flexibility index (Phi) is 3.94. The van der Waals surface area contributed by atoms with E-state index in [1.165, 1.54) is 13.3 Å². The average molecular weight is 307 g/mol. The zero-order valence-electron chi connectivity index (χ0n) is 9.68. The molecule has 0 radical (unpaired) electrons. The molecule has 5 heteroatoms. The number of nitrogens with zero attached hydrogens (tertiary/aromatic N) is 1. The number of methoxy groups -OCH3 is 1. The summed E-state index contributed by atoms with van der Waals surface area (Å²) in [6, 6.07) is 9.00. The number of hydrogen-bond donors (Lipinski definition) is 1. The Morgan fingerprint density at radius 2 is 2.22 bits per heavy atom. The summed E-state index contributed by atoms with van der Waals surface area (Å²) in [5.41, 5.74) is 1.17. The van der Waals surface area contributed by atoms with Gasteiger partial charge in [-0.05, 0) is 24.3 Å². The van der Waals surface area contributed by atoms with Crippen LogP contribution in [0.15, 0.2) is 47.2 Å². The third-order valence-electron chi connectivity index (χ3n) is 2.33. The van der Waals surface area contributed by atoms with Crippen LogP contribution in [0.25, 0.3) is 0 Å². The lowest BCUT2D eigenvalue weighted by molar-refractivity contribution is 0.102. The Hall–Kier alpha value is -1.88. The van der Waals surface area contributed by atoms with E-state index in [9.17, 15) is 4.79 Å². The van der Waals surface area contributed by atoms with Crippen LogP contribution in [0, 0.1) is 0 Å². The number of pyridine rings is 1. The second-order valence-corrected chi connectivity index (χ2v) is 4.46. The van der Waals surface area contributed by atoms with Crippen LogP contribution in [-0.4, -0.2) is 18.0 Å². The maximum Gasteiger partial charge on any atom is 0.259 e. The summed E-state index contributed by atoms with van der Waals surface area (Å²) in [7, 11) is 1.51. The minimum Gasteiger partial charge on any atom is -0.494 e. The van der Waals surface area contributed by atoms with Crippen LogP contribution < -0.4 is 10.1 Å². The van der Waals surface area contributed by atoms with E-state index in [2.05, 4.69) is 26.2 Å². The van der Waals surface area contributed by atoms with Gasteiger partial charge in [0.25, 0.3) is 5.91 Å². The fourth-order valence-electron chi connectivity index (χ4n) is 1.49. The van der Waals surface area contributed by atoms with Crippen LogP contribution in [0.4, 0.5) is 5.69 Å². The molecule has 18 heavy (non-hydrogen) atoms. The van der Waals surface area contributed by atoms with Gasteiger partial charge in [0.05, 0.1) is 18.9 Å². The van der Waals surface area contributed by atoms with E-state index in [0.29, 0.717) is 17.0 Å². The zero-order chi connectivity index (χ0) is 13.0. The first kappa shape index (κ1) is 12.6. The van der Waals surface area contributed by atoms with Crippen molar-refractivity contribution in [3.63, 3.8) is 0 Å². The van der Waals surface area contributed by atoms with Gasteiger partial charge in [0.1, 0.15) is 5.75 Å². The van der Waals surface area contributed by atoms with Crippen LogP contribution in [0.1, 0.15) is 10.4 Å². The smallest absolute Gasteiger partial charge is 0.259 e. The molecule has 1 heterocycles. The van der Waals surface area contributed by atoms with Crippen molar-refractivity contribution in [2.45, 2.75) is 0 Å². The van der Waals surface area contributed by atoms with E-state index >= 15 is 0 Å². The highest BCUT2D eigenvalue weighted by Gasteiger charge is 2.11. The first-order valence-corrected chi connectivity index (χ1v) is 6.05. The Balaban J connectivity index is 2.22. The molecule has 2 rings (SSSR count). The fraction of sp³-hybridized carbons (Fsp3) is 0.0769. The molecular weight excluding hydrogens is 296 g/mol. The number of aromatic nitrogens is 1. The lowest BCUT2D eigenvalue weighted by Gasteiger charge is -2.08. The van der Waals surface area contributed by atoms with Gasteiger partial charge >= 0.3 is 0 Å². The molecule has 0 aliphatic heterocycles. The third-order valence-corrected chi connectivity index (χ3v) is 2.82. The van der Waals surface area contributed by atoms with Crippen molar-refractivity contribution in [1.29, 1.82) is 0 Å². The molecule has 2 aromatic rings. The largest absolute Gasteiger partial charge is 0.494 e. The predicted molar refractivity (Wildman–Crippen MR) is 72.9 cm³/mol. The minimum atomic E-state index is -0.229. The van der Waals surface area contributed by atoms with E-state index in [-0.39, 0.29) is 5.91 Å². The summed E-state index contributed by atoms with van der Waals surface area (Å²) in [6.07, 6.45) is 3.06. The van der Waals surface area contributed by atoms with Crippen molar-refractivity contribution in [2.24, 2.45) is 0 Å².